The molecule has 1 saturated heterocycles. The quantitative estimate of drug-likeness (QED) is 0.825. The van der Waals surface area contributed by atoms with Crippen LogP contribution >= 0.6 is 11.6 Å². The third-order valence-electron chi connectivity index (χ3n) is 3.19. The van der Waals surface area contributed by atoms with E-state index in [9.17, 15) is 4.79 Å². The maximum Gasteiger partial charge on any atom is 0.253 e. The van der Waals surface area contributed by atoms with Gasteiger partial charge in [-0.2, -0.15) is 0 Å². The van der Waals surface area contributed by atoms with Crippen molar-refractivity contribution in [3.63, 3.8) is 0 Å². The number of hydrogen-bond donors (Lipinski definition) is 2. The zero-order valence-electron chi connectivity index (χ0n) is 10.1. The molecule has 5 heteroatoms. The lowest BCUT2D eigenvalue weighted by atomic mass is 10.0. The van der Waals surface area contributed by atoms with E-state index in [1.807, 2.05) is 0 Å². The Labute approximate surface area is 111 Å². The molecule has 4 nitrogen and oxygen atoms in total. The number of hydrogen-bond acceptors (Lipinski definition) is 3. The van der Waals surface area contributed by atoms with E-state index >= 15 is 0 Å². The Morgan fingerprint density at radius 2 is 2.17 bits per heavy atom. The van der Waals surface area contributed by atoms with Gasteiger partial charge in [0.25, 0.3) is 5.91 Å². The summed E-state index contributed by atoms with van der Waals surface area (Å²) in [5, 5.41) is 3.31. The lowest BCUT2D eigenvalue weighted by Crippen LogP contribution is -2.32. The first-order valence-electron chi connectivity index (χ1n) is 6.08. The molecule has 0 spiro atoms. The normalized spacial score (nSPS) is 16.5. The van der Waals surface area contributed by atoms with Crippen LogP contribution in [-0.4, -0.2) is 25.7 Å². The van der Waals surface area contributed by atoms with Gasteiger partial charge in [0.1, 0.15) is 0 Å². The van der Waals surface area contributed by atoms with Crippen LogP contribution in [0.15, 0.2) is 18.2 Å². The summed E-state index contributed by atoms with van der Waals surface area (Å²) in [5.74, 6) is 0.324. The van der Waals surface area contributed by atoms with E-state index in [0.717, 1.165) is 26.1 Å². The van der Waals surface area contributed by atoms with E-state index in [-0.39, 0.29) is 5.91 Å². The molecular formula is C13H17ClN2O2. The van der Waals surface area contributed by atoms with Gasteiger partial charge in [-0.3, -0.25) is 4.79 Å². The summed E-state index contributed by atoms with van der Waals surface area (Å²) in [6, 6.07) is 5.08. The fraction of sp³-hybridized carbons (Fsp3) is 0.462. The first kappa shape index (κ1) is 13.2. The molecule has 0 radical (unpaired) electrons. The average molecular weight is 269 g/mol. The summed E-state index contributed by atoms with van der Waals surface area (Å²) in [5.41, 5.74) is 6.56. The number of nitrogens with one attached hydrogen (secondary N) is 1. The molecule has 1 aromatic rings. The van der Waals surface area contributed by atoms with Gasteiger partial charge in [0.15, 0.2) is 0 Å². The highest BCUT2D eigenvalue weighted by Gasteiger charge is 2.16. The molecule has 0 unspecified atom stereocenters. The predicted octanol–water partition coefficient (Wildman–Crippen LogP) is 2.08. The minimum atomic E-state index is -0.165. The molecule has 0 saturated carbocycles. The van der Waals surface area contributed by atoms with E-state index in [1.165, 1.54) is 0 Å². The minimum Gasteiger partial charge on any atom is -0.397 e. The highest BCUT2D eigenvalue weighted by molar-refractivity contribution is 6.33. The summed E-state index contributed by atoms with van der Waals surface area (Å²) >= 11 is 5.89. The van der Waals surface area contributed by atoms with Gasteiger partial charge < -0.3 is 15.8 Å². The first-order valence-corrected chi connectivity index (χ1v) is 6.46. The van der Waals surface area contributed by atoms with Crippen molar-refractivity contribution < 1.29 is 9.53 Å². The lowest BCUT2D eigenvalue weighted by molar-refractivity contribution is 0.0643. The van der Waals surface area contributed by atoms with Crippen molar-refractivity contribution in [2.24, 2.45) is 5.92 Å². The Bertz CT molecular complexity index is 431. The molecule has 0 atom stereocenters. The number of amides is 1. The first-order chi connectivity index (χ1) is 8.68. The Kier molecular flexibility index (Phi) is 4.44. The lowest BCUT2D eigenvalue weighted by Gasteiger charge is -2.22. The number of rotatable bonds is 3. The molecule has 1 amide bonds. The second-order valence-electron chi connectivity index (χ2n) is 4.47. The van der Waals surface area contributed by atoms with E-state index in [1.54, 1.807) is 18.2 Å². The third-order valence-corrected chi connectivity index (χ3v) is 3.52. The molecule has 0 aromatic heterocycles. The van der Waals surface area contributed by atoms with Crippen LogP contribution in [0.5, 0.6) is 0 Å². The summed E-state index contributed by atoms with van der Waals surface area (Å²) < 4.78 is 5.28. The zero-order valence-corrected chi connectivity index (χ0v) is 10.9. The zero-order chi connectivity index (χ0) is 13.0. The maximum atomic E-state index is 12.0. The molecule has 0 bridgehead atoms. The summed E-state index contributed by atoms with van der Waals surface area (Å²) in [6.45, 7) is 2.22. The highest BCUT2D eigenvalue weighted by Crippen LogP contribution is 2.22. The van der Waals surface area contributed by atoms with Crippen LogP contribution in [-0.2, 0) is 4.74 Å². The van der Waals surface area contributed by atoms with E-state index in [4.69, 9.17) is 22.1 Å². The molecule has 1 aliphatic heterocycles. The van der Waals surface area contributed by atoms with Crippen LogP contribution in [0.3, 0.4) is 0 Å². The Morgan fingerprint density at radius 3 is 2.89 bits per heavy atom. The van der Waals surface area contributed by atoms with Crippen molar-refractivity contribution in [3.8, 4) is 0 Å². The average Bonchev–Trinajstić information content (AvgIpc) is 2.40. The second-order valence-corrected chi connectivity index (χ2v) is 4.87. The number of carbonyl (C=O) groups excluding carboxylic acids is 1. The standard InChI is InChI=1S/C13H17ClN2O2/c14-11-3-1-2-10(12(11)15)13(17)16-8-9-4-6-18-7-5-9/h1-3,9H,4-8,15H2,(H,16,17). The van der Waals surface area contributed by atoms with Gasteiger partial charge in [-0.1, -0.05) is 17.7 Å². The van der Waals surface area contributed by atoms with Gasteiger partial charge in [-0.25, -0.2) is 0 Å². The largest absolute Gasteiger partial charge is 0.397 e. The molecule has 2 rings (SSSR count). The SMILES string of the molecule is Nc1c(Cl)cccc1C(=O)NCC1CCOCC1. The van der Waals surface area contributed by atoms with E-state index in [0.29, 0.717) is 28.7 Å². The summed E-state index contributed by atoms with van der Waals surface area (Å²) in [4.78, 5) is 12.0. The fourth-order valence-electron chi connectivity index (χ4n) is 2.02. The number of ether oxygens (including phenoxy) is 1. The number of para-hydroxylation sites is 1. The Morgan fingerprint density at radius 1 is 1.44 bits per heavy atom. The third kappa shape index (κ3) is 3.15. The molecule has 3 N–H and O–H groups in total. The van der Waals surface area contributed by atoms with Crippen molar-refractivity contribution in [1.82, 2.24) is 5.32 Å². The molecule has 0 aliphatic carbocycles. The molecule has 1 heterocycles. The molecule has 1 aliphatic rings. The topological polar surface area (TPSA) is 64.4 Å². The number of nitrogens with two attached hydrogens (primary N) is 1. The molecule has 1 aromatic carbocycles. The van der Waals surface area contributed by atoms with Crippen molar-refractivity contribution in [2.45, 2.75) is 12.8 Å². The van der Waals surface area contributed by atoms with Gasteiger partial charge >= 0.3 is 0 Å². The van der Waals surface area contributed by atoms with Gasteiger partial charge in [-0.05, 0) is 30.9 Å². The van der Waals surface area contributed by atoms with Crippen molar-refractivity contribution >= 4 is 23.2 Å². The molecule has 98 valence electrons. The van der Waals surface area contributed by atoms with Crippen molar-refractivity contribution in [2.75, 3.05) is 25.5 Å². The fourth-order valence-corrected chi connectivity index (χ4v) is 2.19. The predicted molar refractivity (Wildman–Crippen MR) is 71.7 cm³/mol. The molecule has 1 fully saturated rings. The molecule has 18 heavy (non-hydrogen) atoms. The minimum absolute atomic E-state index is 0.165. The van der Waals surface area contributed by atoms with Gasteiger partial charge in [-0.15, -0.1) is 0 Å². The van der Waals surface area contributed by atoms with Crippen molar-refractivity contribution in [1.29, 1.82) is 0 Å². The number of nitrogen functional groups attached to an aromatic ring is 1. The Hall–Kier alpha value is -1.26. The number of benzene rings is 1. The van der Waals surface area contributed by atoms with Crippen LogP contribution in [0.2, 0.25) is 5.02 Å². The number of carbonyl (C=O) groups is 1. The van der Waals surface area contributed by atoms with E-state index in [2.05, 4.69) is 5.32 Å². The van der Waals surface area contributed by atoms with Gasteiger partial charge in [0.05, 0.1) is 16.3 Å². The highest BCUT2D eigenvalue weighted by atomic mass is 35.5. The van der Waals surface area contributed by atoms with Gasteiger partial charge in [0.2, 0.25) is 0 Å². The maximum absolute atomic E-state index is 12.0. The number of anilines is 1. The van der Waals surface area contributed by atoms with Crippen LogP contribution < -0.4 is 11.1 Å². The molecular weight excluding hydrogens is 252 g/mol. The van der Waals surface area contributed by atoms with Crippen LogP contribution in [0.1, 0.15) is 23.2 Å². The number of halogens is 1. The van der Waals surface area contributed by atoms with Crippen LogP contribution in [0.4, 0.5) is 5.69 Å². The van der Waals surface area contributed by atoms with Crippen LogP contribution in [0, 0.1) is 5.92 Å². The summed E-state index contributed by atoms with van der Waals surface area (Å²) in [7, 11) is 0. The smallest absolute Gasteiger partial charge is 0.253 e. The van der Waals surface area contributed by atoms with E-state index < -0.39 is 0 Å². The summed E-state index contributed by atoms with van der Waals surface area (Å²) in [6.07, 6.45) is 1.98. The van der Waals surface area contributed by atoms with Crippen molar-refractivity contribution in [3.05, 3.63) is 28.8 Å². The second kappa shape index (κ2) is 6.07. The Balaban J connectivity index is 1.93. The van der Waals surface area contributed by atoms with Gasteiger partial charge in [0, 0.05) is 19.8 Å². The van der Waals surface area contributed by atoms with Crippen LogP contribution in [0.25, 0.3) is 0 Å². The monoisotopic (exact) mass is 268 g/mol.